The number of hydrogen-bond acceptors (Lipinski definition) is 5. The van der Waals surface area contributed by atoms with E-state index in [1.807, 2.05) is 20.8 Å². The van der Waals surface area contributed by atoms with Gasteiger partial charge in [0.2, 0.25) is 5.91 Å². The highest BCUT2D eigenvalue weighted by atomic mass is 16.1. The number of nitrogens with zero attached hydrogens (tertiary/aromatic N) is 2. The molecule has 0 aliphatic carbocycles. The van der Waals surface area contributed by atoms with Crippen LogP contribution in [0.1, 0.15) is 47.4 Å². The maximum Gasteiger partial charge on any atom is 0.240 e. The third-order valence-electron chi connectivity index (χ3n) is 3.03. The second-order valence-corrected chi connectivity index (χ2v) is 6.51. The average molecular weight is 293 g/mol. The van der Waals surface area contributed by atoms with Gasteiger partial charge in [0, 0.05) is 18.0 Å². The van der Waals surface area contributed by atoms with Gasteiger partial charge in [0.05, 0.1) is 0 Å². The number of nitrogens with two attached hydrogens (primary N) is 1. The van der Waals surface area contributed by atoms with Crippen LogP contribution in [-0.2, 0) is 10.2 Å². The summed E-state index contributed by atoms with van der Waals surface area (Å²) in [7, 11) is 0. The first kappa shape index (κ1) is 17.2. The number of hydrogen-bond donors (Lipinski definition) is 3. The number of carbonyl (C=O) groups is 1. The Morgan fingerprint density at radius 2 is 1.86 bits per heavy atom. The molecule has 1 amide bonds. The van der Waals surface area contributed by atoms with Crippen LogP contribution in [0.2, 0.25) is 0 Å². The van der Waals surface area contributed by atoms with E-state index in [0.29, 0.717) is 5.82 Å². The standard InChI is InChI=1S/C15H27N5O/c1-7-17-10-8-11(18-12(9(2)3)13(16)21)20-14(19-10)15(4,5)6/h8-9,12H,7H2,1-6H3,(H2,16,21)(H2,17,18,19,20). The Kier molecular flexibility index (Phi) is 5.52. The molecule has 1 aromatic rings. The monoisotopic (exact) mass is 293 g/mol. The number of rotatable bonds is 6. The lowest BCUT2D eigenvalue weighted by Crippen LogP contribution is -2.40. The maximum absolute atomic E-state index is 11.5. The molecule has 6 heteroatoms. The van der Waals surface area contributed by atoms with E-state index in [1.54, 1.807) is 6.07 Å². The molecular weight excluding hydrogens is 266 g/mol. The van der Waals surface area contributed by atoms with Gasteiger partial charge in [-0.25, -0.2) is 9.97 Å². The summed E-state index contributed by atoms with van der Waals surface area (Å²) in [5.41, 5.74) is 5.27. The second-order valence-electron chi connectivity index (χ2n) is 6.51. The summed E-state index contributed by atoms with van der Waals surface area (Å²) in [4.78, 5) is 20.6. The molecule has 21 heavy (non-hydrogen) atoms. The van der Waals surface area contributed by atoms with Crippen LogP contribution < -0.4 is 16.4 Å². The van der Waals surface area contributed by atoms with Crippen LogP contribution in [0.25, 0.3) is 0 Å². The van der Waals surface area contributed by atoms with E-state index in [9.17, 15) is 4.79 Å². The molecule has 0 saturated heterocycles. The fourth-order valence-electron chi connectivity index (χ4n) is 1.85. The predicted octanol–water partition coefficient (Wildman–Crippen LogP) is 2.13. The molecule has 0 aromatic carbocycles. The molecule has 1 rings (SSSR count). The summed E-state index contributed by atoms with van der Waals surface area (Å²) in [6.45, 7) is 12.8. The molecule has 0 saturated carbocycles. The fraction of sp³-hybridized carbons (Fsp3) is 0.667. The lowest BCUT2D eigenvalue weighted by atomic mass is 9.95. The molecule has 0 radical (unpaired) electrons. The minimum absolute atomic E-state index is 0.0816. The van der Waals surface area contributed by atoms with Crippen molar-refractivity contribution >= 4 is 17.5 Å². The zero-order valence-electron chi connectivity index (χ0n) is 13.8. The summed E-state index contributed by atoms with van der Waals surface area (Å²) >= 11 is 0. The molecule has 1 aromatic heterocycles. The van der Waals surface area contributed by atoms with E-state index in [-0.39, 0.29) is 17.2 Å². The fourth-order valence-corrected chi connectivity index (χ4v) is 1.85. The van der Waals surface area contributed by atoms with Gasteiger partial charge in [-0.05, 0) is 12.8 Å². The Balaban J connectivity index is 3.16. The van der Waals surface area contributed by atoms with Crippen molar-refractivity contribution in [3.63, 3.8) is 0 Å². The number of carbonyl (C=O) groups excluding carboxylic acids is 1. The van der Waals surface area contributed by atoms with E-state index in [2.05, 4.69) is 41.4 Å². The number of anilines is 2. The SMILES string of the molecule is CCNc1cc(NC(C(N)=O)C(C)C)nc(C(C)(C)C)n1. The van der Waals surface area contributed by atoms with Crippen LogP contribution in [0.5, 0.6) is 0 Å². The first-order valence-electron chi connectivity index (χ1n) is 7.34. The molecule has 0 fully saturated rings. The molecule has 0 spiro atoms. The molecule has 0 bridgehead atoms. The van der Waals surface area contributed by atoms with Gasteiger partial charge in [0.15, 0.2) is 0 Å². The van der Waals surface area contributed by atoms with Crippen molar-refractivity contribution in [2.24, 2.45) is 11.7 Å². The third-order valence-corrected chi connectivity index (χ3v) is 3.03. The molecule has 1 unspecified atom stereocenters. The number of primary amides is 1. The Hall–Kier alpha value is -1.85. The van der Waals surface area contributed by atoms with Crippen LogP contribution >= 0.6 is 0 Å². The van der Waals surface area contributed by atoms with E-state index in [0.717, 1.165) is 18.2 Å². The molecule has 118 valence electrons. The molecule has 6 nitrogen and oxygen atoms in total. The van der Waals surface area contributed by atoms with Crippen molar-refractivity contribution in [1.29, 1.82) is 0 Å². The summed E-state index contributed by atoms with van der Waals surface area (Å²) in [5, 5.41) is 6.31. The number of amides is 1. The third kappa shape index (κ3) is 4.88. The Labute approximate surface area is 126 Å². The van der Waals surface area contributed by atoms with Gasteiger partial charge in [-0.2, -0.15) is 0 Å². The van der Waals surface area contributed by atoms with Gasteiger partial charge in [-0.15, -0.1) is 0 Å². The minimum atomic E-state index is -0.456. The number of nitrogens with one attached hydrogen (secondary N) is 2. The van der Waals surface area contributed by atoms with E-state index in [4.69, 9.17) is 5.73 Å². The lowest BCUT2D eigenvalue weighted by Gasteiger charge is -2.23. The maximum atomic E-state index is 11.5. The Bertz CT molecular complexity index is 493. The van der Waals surface area contributed by atoms with Crippen molar-refractivity contribution < 1.29 is 4.79 Å². The first-order valence-corrected chi connectivity index (χ1v) is 7.34. The summed E-state index contributed by atoms with van der Waals surface area (Å²) < 4.78 is 0. The minimum Gasteiger partial charge on any atom is -0.370 e. The zero-order valence-corrected chi connectivity index (χ0v) is 13.8. The van der Waals surface area contributed by atoms with E-state index >= 15 is 0 Å². The van der Waals surface area contributed by atoms with Crippen molar-refractivity contribution in [1.82, 2.24) is 9.97 Å². The summed E-state index contributed by atoms with van der Waals surface area (Å²) in [5.74, 6) is 1.77. The second kappa shape index (κ2) is 6.74. The van der Waals surface area contributed by atoms with Crippen molar-refractivity contribution in [3.05, 3.63) is 11.9 Å². The molecule has 1 atom stereocenters. The Morgan fingerprint density at radius 3 is 2.29 bits per heavy atom. The quantitative estimate of drug-likeness (QED) is 0.747. The van der Waals surface area contributed by atoms with Crippen LogP contribution in [0.4, 0.5) is 11.6 Å². The average Bonchev–Trinajstić information content (AvgIpc) is 2.34. The van der Waals surface area contributed by atoms with E-state index in [1.165, 1.54) is 0 Å². The summed E-state index contributed by atoms with van der Waals surface area (Å²) in [6.07, 6.45) is 0. The topological polar surface area (TPSA) is 92.9 Å². The van der Waals surface area contributed by atoms with Gasteiger partial charge >= 0.3 is 0 Å². The van der Waals surface area contributed by atoms with Crippen molar-refractivity contribution in [3.8, 4) is 0 Å². The molecular formula is C15H27N5O. The molecule has 0 aliphatic rings. The van der Waals surface area contributed by atoms with Crippen LogP contribution in [0, 0.1) is 5.92 Å². The molecule has 0 aliphatic heterocycles. The van der Waals surface area contributed by atoms with Crippen LogP contribution in [0.3, 0.4) is 0 Å². The highest BCUT2D eigenvalue weighted by molar-refractivity contribution is 5.83. The smallest absolute Gasteiger partial charge is 0.240 e. The van der Waals surface area contributed by atoms with Crippen LogP contribution in [-0.4, -0.2) is 28.5 Å². The van der Waals surface area contributed by atoms with Crippen molar-refractivity contribution in [2.45, 2.75) is 53.0 Å². The lowest BCUT2D eigenvalue weighted by molar-refractivity contribution is -0.119. The normalized spacial score (nSPS) is 13.1. The van der Waals surface area contributed by atoms with Crippen molar-refractivity contribution in [2.75, 3.05) is 17.2 Å². The molecule has 1 heterocycles. The van der Waals surface area contributed by atoms with Gasteiger partial charge in [-0.1, -0.05) is 34.6 Å². The highest BCUT2D eigenvalue weighted by Crippen LogP contribution is 2.23. The Morgan fingerprint density at radius 1 is 1.29 bits per heavy atom. The number of aromatic nitrogens is 2. The van der Waals surface area contributed by atoms with Gasteiger partial charge in [0.1, 0.15) is 23.5 Å². The summed E-state index contributed by atoms with van der Waals surface area (Å²) in [6, 6.07) is 1.35. The highest BCUT2D eigenvalue weighted by Gasteiger charge is 2.23. The predicted molar refractivity (Wildman–Crippen MR) is 86.3 cm³/mol. The largest absolute Gasteiger partial charge is 0.370 e. The van der Waals surface area contributed by atoms with Gasteiger partial charge in [-0.3, -0.25) is 4.79 Å². The van der Waals surface area contributed by atoms with Gasteiger partial charge in [0.25, 0.3) is 0 Å². The van der Waals surface area contributed by atoms with Gasteiger partial charge < -0.3 is 16.4 Å². The zero-order chi connectivity index (χ0) is 16.2. The van der Waals surface area contributed by atoms with Crippen LogP contribution in [0.15, 0.2) is 6.07 Å². The molecule has 4 N–H and O–H groups in total. The van der Waals surface area contributed by atoms with E-state index < -0.39 is 6.04 Å². The first-order chi connectivity index (χ1) is 9.65.